The third-order valence-electron chi connectivity index (χ3n) is 2.71. The number of methoxy groups -OCH3 is 1. The molecule has 1 N–H and O–H groups in total. The minimum atomic E-state index is 0.691. The topological polar surface area (TPSA) is 39.1 Å². The maximum Gasteiger partial charge on any atom is 0.203 e. The molecule has 0 amide bonds. The normalized spacial score (nSPS) is 10.8. The number of anilines is 1. The molecule has 18 heavy (non-hydrogen) atoms. The number of thiophene rings is 1. The van der Waals surface area contributed by atoms with E-state index in [1.54, 1.807) is 18.4 Å². The van der Waals surface area contributed by atoms with E-state index in [1.807, 2.05) is 6.92 Å². The van der Waals surface area contributed by atoms with Crippen molar-refractivity contribution in [2.24, 2.45) is 0 Å². The van der Waals surface area contributed by atoms with Crippen LogP contribution in [0.25, 0.3) is 0 Å². The second-order valence-electron chi connectivity index (χ2n) is 4.20. The highest BCUT2D eigenvalue weighted by molar-refractivity contribution is 7.07. The minimum Gasteiger partial charge on any atom is -0.383 e. The van der Waals surface area contributed by atoms with Gasteiger partial charge in [0.25, 0.3) is 0 Å². The summed E-state index contributed by atoms with van der Waals surface area (Å²) in [6.07, 6.45) is 3.12. The van der Waals surface area contributed by atoms with Gasteiger partial charge in [0.15, 0.2) is 0 Å². The highest BCUT2D eigenvalue weighted by atomic mass is 32.1. The van der Waals surface area contributed by atoms with Gasteiger partial charge in [-0.2, -0.15) is 11.3 Å². The van der Waals surface area contributed by atoms with E-state index in [1.165, 1.54) is 5.56 Å². The van der Waals surface area contributed by atoms with Gasteiger partial charge in [-0.25, -0.2) is 4.98 Å². The van der Waals surface area contributed by atoms with Crippen LogP contribution in [0, 0.1) is 6.92 Å². The molecule has 0 fully saturated rings. The lowest BCUT2D eigenvalue weighted by atomic mass is 10.2. The van der Waals surface area contributed by atoms with Gasteiger partial charge in [-0.05, 0) is 35.7 Å². The van der Waals surface area contributed by atoms with Crippen molar-refractivity contribution in [3.63, 3.8) is 0 Å². The lowest BCUT2D eigenvalue weighted by Crippen LogP contribution is -2.13. The Kier molecular flexibility index (Phi) is 4.78. The number of hydrogen-bond donors (Lipinski definition) is 1. The fourth-order valence-electron chi connectivity index (χ4n) is 1.81. The van der Waals surface area contributed by atoms with Gasteiger partial charge in [0.05, 0.1) is 12.3 Å². The molecule has 0 bridgehead atoms. The molecule has 0 saturated heterocycles. The number of rotatable bonds is 7. The van der Waals surface area contributed by atoms with E-state index in [9.17, 15) is 0 Å². The van der Waals surface area contributed by atoms with E-state index < -0.39 is 0 Å². The first-order valence-corrected chi connectivity index (χ1v) is 7.01. The van der Waals surface area contributed by atoms with Gasteiger partial charge in [0.1, 0.15) is 0 Å². The molecule has 2 aromatic rings. The summed E-state index contributed by atoms with van der Waals surface area (Å²) < 4.78 is 7.20. The first kappa shape index (κ1) is 13.1. The van der Waals surface area contributed by atoms with E-state index in [-0.39, 0.29) is 0 Å². The molecular weight excluding hydrogens is 246 g/mol. The Morgan fingerprint density at radius 3 is 3.11 bits per heavy atom. The zero-order valence-corrected chi connectivity index (χ0v) is 11.7. The lowest BCUT2D eigenvalue weighted by molar-refractivity contribution is 0.210. The van der Waals surface area contributed by atoms with Gasteiger partial charge in [0.2, 0.25) is 5.95 Å². The summed E-state index contributed by atoms with van der Waals surface area (Å²) in [6.45, 7) is 4.44. The number of nitrogens with zero attached hydrogens (tertiary/aromatic N) is 2. The predicted molar refractivity (Wildman–Crippen MR) is 75.4 cm³/mol. The maximum atomic E-state index is 5.03. The van der Waals surface area contributed by atoms with Crippen molar-refractivity contribution in [3.05, 3.63) is 34.3 Å². The summed E-state index contributed by atoms with van der Waals surface area (Å²) in [5.41, 5.74) is 2.43. The molecule has 2 rings (SSSR count). The number of hydrogen-bond acceptors (Lipinski definition) is 4. The van der Waals surface area contributed by atoms with E-state index in [0.29, 0.717) is 6.61 Å². The summed E-state index contributed by atoms with van der Waals surface area (Å²) in [5.74, 6) is 0.930. The van der Waals surface area contributed by atoms with Crippen molar-refractivity contribution >= 4 is 17.3 Å². The molecule has 4 nitrogen and oxygen atoms in total. The first-order valence-electron chi connectivity index (χ1n) is 6.07. The van der Waals surface area contributed by atoms with E-state index in [2.05, 4.69) is 37.9 Å². The maximum absolute atomic E-state index is 5.03. The molecule has 0 spiro atoms. The second kappa shape index (κ2) is 6.56. The third-order valence-corrected chi connectivity index (χ3v) is 3.44. The minimum absolute atomic E-state index is 0.691. The van der Waals surface area contributed by atoms with E-state index in [4.69, 9.17) is 4.74 Å². The van der Waals surface area contributed by atoms with E-state index >= 15 is 0 Å². The summed E-state index contributed by atoms with van der Waals surface area (Å²) in [7, 11) is 1.70. The van der Waals surface area contributed by atoms with Gasteiger partial charge >= 0.3 is 0 Å². The molecule has 2 heterocycles. The zero-order valence-electron chi connectivity index (χ0n) is 10.8. The Morgan fingerprint density at radius 1 is 1.50 bits per heavy atom. The molecule has 0 aliphatic rings. The van der Waals surface area contributed by atoms with Gasteiger partial charge < -0.3 is 14.6 Å². The molecular formula is C13H19N3OS. The molecule has 5 heteroatoms. The SMILES string of the molecule is COCCNc1nc(C)cn1CCc1ccsc1. The van der Waals surface area contributed by atoms with Gasteiger partial charge in [-0.3, -0.25) is 0 Å². The van der Waals surface area contributed by atoms with Crippen molar-refractivity contribution in [1.82, 2.24) is 9.55 Å². The van der Waals surface area contributed by atoms with Crippen LogP contribution in [-0.2, 0) is 17.7 Å². The molecule has 0 atom stereocenters. The number of imidazole rings is 1. The average Bonchev–Trinajstić information content (AvgIpc) is 2.97. The Bertz CT molecular complexity index is 465. The number of ether oxygens (including phenoxy) is 1. The fourth-order valence-corrected chi connectivity index (χ4v) is 2.51. The molecule has 0 unspecified atom stereocenters. The number of aryl methyl sites for hydroxylation is 3. The highest BCUT2D eigenvalue weighted by Crippen LogP contribution is 2.12. The lowest BCUT2D eigenvalue weighted by Gasteiger charge is -2.08. The van der Waals surface area contributed by atoms with Crippen molar-refractivity contribution in [1.29, 1.82) is 0 Å². The van der Waals surface area contributed by atoms with Gasteiger partial charge in [-0.1, -0.05) is 0 Å². The van der Waals surface area contributed by atoms with Gasteiger partial charge in [0, 0.05) is 26.4 Å². The Morgan fingerprint density at radius 2 is 2.39 bits per heavy atom. The average molecular weight is 265 g/mol. The van der Waals surface area contributed by atoms with Crippen molar-refractivity contribution in [2.75, 3.05) is 25.6 Å². The Labute approximate surface area is 112 Å². The molecule has 0 aliphatic heterocycles. The van der Waals surface area contributed by atoms with Gasteiger partial charge in [-0.15, -0.1) is 0 Å². The quantitative estimate of drug-likeness (QED) is 0.782. The molecule has 98 valence electrons. The first-order chi connectivity index (χ1) is 8.79. The van der Waals surface area contributed by atoms with Crippen LogP contribution in [0.1, 0.15) is 11.3 Å². The van der Waals surface area contributed by atoms with Crippen molar-refractivity contribution in [2.45, 2.75) is 19.9 Å². The van der Waals surface area contributed by atoms with Crippen molar-refractivity contribution < 1.29 is 4.74 Å². The summed E-state index contributed by atoms with van der Waals surface area (Å²) >= 11 is 1.74. The fraction of sp³-hybridized carbons (Fsp3) is 0.462. The predicted octanol–water partition coefficient (Wildman–Crippen LogP) is 2.55. The van der Waals surface area contributed by atoms with Crippen LogP contribution < -0.4 is 5.32 Å². The zero-order chi connectivity index (χ0) is 12.8. The van der Waals surface area contributed by atoms with Crippen LogP contribution in [-0.4, -0.2) is 29.8 Å². The standard InChI is InChI=1S/C13H19N3OS/c1-11-9-16(6-3-12-4-8-18-10-12)13(15-11)14-5-7-17-2/h4,8-10H,3,5-7H2,1-2H3,(H,14,15). The second-order valence-corrected chi connectivity index (χ2v) is 4.98. The third kappa shape index (κ3) is 3.58. The number of aromatic nitrogens is 2. The number of nitrogens with one attached hydrogen (secondary N) is 1. The molecule has 0 radical (unpaired) electrons. The summed E-state index contributed by atoms with van der Waals surface area (Å²) in [6, 6.07) is 2.17. The Hall–Kier alpha value is -1.33. The van der Waals surface area contributed by atoms with Crippen LogP contribution in [0.5, 0.6) is 0 Å². The largest absolute Gasteiger partial charge is 0.383 e. The molecule has 2 aromatic heterocycles. The smallest absolute Gasteiger partial charge is 0.203 e. The highest BCUT2D eigenvalue weighted by Gasteiger charge is 2.05. The monoisotopic (exact) mass is 265 g/mol. The van der Waals surface area contributed by atoms with Crippen LogP contribution >= 0.6 is 11.3 Å². The van der Waals surface area contributed by atoms with Crippen LogP contribution in [0.4, 0.5) is 5.95 Å². The summed E-state index contributed by atoms with van der Waals surface area (Å²) in [4.78, 5) is 4.48. The molecule has 0 saturated carbocycles. The molecule has 0 aromatic carbocycles. The van der Waals surface area contributed by atoms with Crippen LogP contribution in [0.15, 0.2) is 23.0 Å². The Balaban J connectivity index is 1.93. The van der Waals surface area contributed by atoms with Crippen LogP contribution in [0.3, 0.4) is 0 Å². The van der Waals surface area contributed by atoms with E-state index in [0.717, 1.165) is 31.2 Å². The summed E-state index contributed by atoms with van der Waals surface area (Å²) in [5, 5.41) is 7.61. The van der Waals surface area contributed by atoms with Crippen molar-refractivity contribution in [3.8, 4) is 0 Å². The van der Waals surface area contributed by atoms with Crippen LogP contribution in [0.2, 0.25) is 0 Å². The molecule has 0 aliphatic carbocycles.